The first-order valence-electron chi connectivity index (χ1n) is 5.80. The van der Waals surface area contributed by atoms with E-state index in [1.54, 1.807) is 13.2 Å². The number of hydrogen-bond acceptors (Lipinski definition) is 3. The molecule has 96 valence electrons. The van der Waals surface area contributed by atoms with Crippen LogP contribution in [-0.2, 0) is 4.74 Å². The first-order valence-corrected chi connectivity index (χ1v) is 5.80. The number of hydrogen-bond donors (Lipinski definition) is 2. The lowest BCUT2D eigenvalue weighted by molar-refractivity contribution is 0.114. The highest BCUT2D eigenvalue weighted by Crippen LogP contribution is 2.18. The SMILES string of the molecule is COC(C)CNC(CN)c1ccc(F)cc1C. The summed E-state index contributed by atoms with van der Waals surface area (Å²) in [6, 6.07) is 4.81. The van der Waals surface area contributed by atoms with Crippen molar-refractivity contribution in [3.05, 3.63) is 35.1 Å². The van der Waals surface area contributed by atoms with E-state index in [-0.39, 0.29) is 18.0 Å². The molecule has 17 heavy (non-hydrogen) atoms. The molecule has 0 radical (unpaired) electrons. The number of halogens is 1. The fourth-order valence-electron chi connectivity index (χ4n) is 1.74. The minimum Gasteiger partial charge on any atom is -0.380 e. The maximum atomic E-state index is 13.0. The summed E-state index contributed by atoms with van der Waals surface area (Å²) in [5.41, 5.74) is 7.70. The maximum Gasteiger partial charge on any atom is 0.123 e. The molecule has 0 amide bonds. The van der Waals surface area contributed by atoms with Crippen molar-refractivity contribution >= 4 is 0 Å². The number of aryl methyl sites for hydroxylation is 1. The molecule has 0 saturated heterocycles. The predicted molar refractivity (Wildman–Crippen MR) is 67.4 cm³/mol. The van der Waals surface area contributed by atoms with E-state index in [4.69, 9.17) is 10.5 Å². The van der Waals surface area contributed by atoms with Crippen molar-refractivity contribution in [3.63, 3.8) is 0 Å². The topological polar surface area (TPSA) is 47.3 Å². The minimum absolute atomic E-state index is 0.0354. The van der Waals surface area contributed by atoms with Gasteiger partial charge in [0.15, 0.2) is 0 Å². The Morgan fingerprint density at radius 1 is 1.47 bits per heavy atom. The molecule has 0 saturated carbocycles. The molecule has 0 fully saturated rings. The summed E-state index contributed by atoms with van der Waals surface area (Å²) < 4.78 is 18.2. The van der Waals surface area contributed by atoms with E-state index in [2.05, 4.69) is 5.32 Å². The van der Waals surface area contributed by atoms with Crippen LogP contribution in [0.2, 0.25) is 0 Å². The maximum absolute atomic E-state index is 13.0. The van der Waals surface area contributed by atoms with Gasteiger partial charge in [-0.1, -0.05) is 6.07 Å². The zero-order valence-corrected chi connectivity index (χ0v) is 10.7. The zero-order chi connectivity index (χ0) is 12.8. The van der Waals surface area contributed by atoms with Crippen LogP contribution in [0.3, 0.4) is 0 Å². The third kappa shape index (κ3) is 4.07. The Labute approximate surface area is 102 Å². The second-order valence-corrected chi connectivity index (χ2v) is 4.24. The molecule has 0 aromatic heterocycles. The average molecular weight is 240 g/mol. The number of rotatable bonds is 6. The third-order valence-electron chi connectivity index (χ3n) is 2.90. The molecule has 2 unspecified atom stereocenters. The van der Waals surface area contributed by atoms with Crippen molar-refractivity contribution in [1.29, 1.82) is 0 Å². The predicted octanol–water partition coefficient (Wildman–Crippen LogP) is 1.76. The lowest BCUT2D eigenvalue weighted by Gasteiger charge is -2.21. The van der Waals surface area contributed by atoms with E-state index in [0.29, 0.717) is 6.54 Å². The number of benzene rings is 1. The molecular formula is C13H21FN2O. The van der Waals surface area contributed by atoms with Gasteiger partial charge in [0, 0.05) is 26.2 Å². The van der Waals surface area contributed by atoms with Gasteiger partial charge in [0.25, 0.3) is 0 Å². The van der Waals surface area contributed by atoms with Gasteiger partial charge in [-0.3, -0.25) is 0 Å². The van der Waals surface area contributed by atoms with Crippen molar-refractivity contribution in [2.45, 2.75) is 26.0 Å². The van der Waals surface area contributed by atoms with Crippen LogP contribution in [0.15, 0.2) is 18.2 Å². The van der Waals surface area contributed by atoms with Gasteiger partial charge in [0.05, 0.1) is 6.10 Å². The Balaban J connectivity index is 2.72. The minimum atomic E-state index is -0.215. The van der Waals surface area contributed by atoms with Gasteiger partial charge in [0.2, 0.25) is 0 Å². The van der Waals surface area contributed by atoms with E-state index in [9.17, 15) is 4.39 Å². The second-order valence-electron chi connectivity index (χ2n) is 4.24. The standard InChI is InChI=1S/C13H21FN2O/c1-9-6-11(14)4-5-12(9)13(7-15)16-8-10(2)17-3/h4-6,10,13,16H,7-8,15H2,1-3H3. The molecule has 0 heterocycles. The van der Waals surface area contributed by atoms with Crippen molar-refractivity contribution in [3.8, 4) is 0 Å². The second kappa shape index (κ2) is 6.69. The zero-order valence-electron chi connectivity index (χ0n) is 10.7. The molecule has 4 heteroatoms. The van der Waals surface area contributed by atoms with Gasteiger partial charge in [-0.05, 0) is 37.1 Å². The highest BCUT2D eigenvalue weighted by molar-refractivity contribution is 5.29. The number of methoxy groups -OCH3 is 1. The van der Waals surface area contributed by atoms with Gasteiger partial charge in [0.1, 0.15) is 5.82 Å². The van der Waals surface area contributed by atoms with Crippen LogP contribution in [0.25, 0.3) is 0 Å². The van der Waals surface area contributed by atoms with E-state index >= 15 is 0 Å². The van der Waals surface area contributed by atoms with Crippen LogP contribution >= 0.6 is 0 Å². The summed E-state index contributed by atoms with van der Waals surface area (Å²) in [4.78, 5) is 0. The summed E-state index contributed by atoms with van der Waals surface area (Å²) in [6.45, 7) is 5.07. The van der Waals surface area contributed by atoms with Gasteiger partial charge in [-0.25, -0.2) is 4.39 Å². The molecule has 0 bridgehead atoms. The largest absolute Gasteiger partial charge is 0.380 e. The Kier molecular flexibility index (Phi) is 5.55. The molecule has 3 nitrogen and oxygen atoms in total. The monoisotopic (exact) mass is 240 g/mol. The van der Waals surface area contributed by atoms with Gasteiger partial charge < -0.3 is 15.8 Å². The lowest BCUT2D eigenvalue weighted by atomic mass is 10.0. The highest BCUT2D eigenvalue weighted by atomic mass is 19.1. The molecule has 0 aliphatic rings. The van der Waals surface area contributed by atoms with Gasteiger partial charge in [-0.15, -0.1) is 0 Å². The van der Waals surface area contributed by atoms with E-state index in [1.807, 2.05) is 13.8 Å². The van der Waals surface area contributed by atoms with Crippen molar-refractivity contribution in [2.24, 2.45) is 5.73 Å². The van der Waals surface area contributed by atoms with Crippen LogP contribution < -0.4 is 11.1 Å². The fourth-order valence-corrected chi connectivity index (χ4v) is 1.74. The summed E-state index contributed by atoms with van der Waals surface area (Å²) in [5.74, 6) is -0.215. The number of nitrogens with two attached hydrogens (primary N) is 1. The average Bonchev–Trinajstić information content (AvgIpc) is 2.31. The summed E-state index contributed by atoms with van der Waals surface area (Å²) in [7, 11) is 1.67. The van der Waals surface area contributed by atoms with E-state index < -0.39 is 0 Å². The van der Waals surface area contributed by atoms with Crippen molar-refractivity contribution in [1.82, 2.24) is 5.32 Å². The van der Waals surface area contributed by atoms with Crippen LogP contribution in [0.4, 0.5) is 4.39 Å². The van der Waals surface area contributed by atoms with Crippen LogP contribution in [0, 0.1) is 12.7 Å². The van der Waals surface area contributed by atoms with Gasteiger partial charge in [-0.2, -0.15) is 0 Å². The molecular weight excluding hydrogens is 219 g/mol. The number of ether oxygens (including phenoxy) is 1. The molecule has 0 spiro atoms. The van der Waals surface area contributed by atoms with Crippen molar-refractivity contribution < 1.29 is 9.13 Å². The molecule has 1 aromatic rings. The van der Waals surface area contributed by atoms with Crippen LogP contribution in [-0.4, -0.2) is 26.3 Å². The van der Waals surface area contributed by atoms with Crippen molar-refractivity contribution in [2.75, 3.05) is 20.2 Å². The summed E-state index contributed by atoms with van der Waals surface area (Å²) in [5, 5.41) is 3.32. The number of nitrogens with one attached hydrogen (secondary N) is 1. The Bertz CT molecular complexity index is 357. The smallest absolute Gasteiger partial charge is 0.123 e. The van der Waals surface area contributed by atoms with E-state index in [0.717, 1.165) is 17.7 Å². The summed E-state index contributed by atoms with van der Waals surface area (Å²) >= 11 is 0. The van der Waals surface area contributed by atoms with Gasteiger partial charge >= 0.3 is 0 Å². The molecule has 0 aliphatic carbocycles. The molecule has 2 atom stereocenters. The first kappa shape index (κ1) is 14.1. The van der Waals surface area contributed by atoms with Crippen LogP contribution in [0.5, 0.6) is 0 Å². The third-order valence-corrected chi connectivity index (χ3v) is 2.90. The van der Waals surface area contributed by atoms with Crippen LogP contribution in [0.1, 0.15) is 24.1 Å². The molecule has 0 aliphatic heterocycles. The highest BCUT2D eigenvalue weighted by Gasteiger charge is 2.13. The fraction of sp³-hybridized carbons (Fsp3) is 0.538. The Morgan fingerprint density at radius 3 is 2.71 bits per heavy atom. The summed E-state index contributed by atoms with van der Waals surface area (Å²) in [6.07, 6.45) is 0.129. The quantitative estimate of drug-likeness (QED) is 0.796. The Hall–Kier alpha value is -0.970. The molecule has 1 rings (SSSR count). The Morgan fingerprint density at radius 2 is 2.18 bits per heavy atom. The van der Waals surface area contributed by atoms with E-state index in [1.165, 1.54) is 12.1 Å². The lowest BCUT2D eigenvalue weighted by Crippen LogP contribution is -2.34. The molecule has 1 aromatic carbocycles. The normalized spacial score (nSPS) is 14.6. The molecule has 3 N–H and O–H groups in total. The first-order chi connectivity index (χ1) is 8.08.